The Hall–Kier alpha value is -2.61. The summed E-state index contributed by atoms with van der Waals surface area (Å²) in [6.07, 6.45) is 2.58. The molecule has 0 aliphatic carbocycles. The molecule has 3 rings (SSSR count). The number of aromatic amines is 1. The molecule has 0 bridgehead atoms. The zero-order valence-corrected chi connectivity index (χ0v) is 12.8. The van der Waals surface area contributed by atoms with Gasteiger partial charge in [-0.05, 0) is 34.5 Å². The zero-order chi connectivity index (χ0) is 15.7. The first kappa shape index (κ1) is 14.3. The van der Waals surface area contributed by atoms with E-state index in [9.17, 15) is 8.42 Å². The van der Waals surface area contributed by atoms with E-state index in [1.54, 1.807) is 6.07 Å². The van der Waals surface area contributed by atoms with Gasteiger partial charge in [0.15, 0.2) is 20.7 Å². The van der Waals surface area contributed by atoms with E-state index in [1.165, 1.54) is 6.20 Å². The van der Waals surface area contributed by atoms with Crippen LogP contribution in [-0.2, 0) is 9.84 Å². The first-order chi connectivity index (χ1) is 10.5. The summed E-state index contributed by atoms with van der Waals surface area (Å²) in [6.45, 7) is 1.99. The molecule has 0 unspecified atom stereocenters. The standard InChI is InChI=1S/C14H13N5O2S/c1-9-3-5-10(6-4-9)11-7-8-15-14(22(2,20)21)12(11)13-16-18-19-17-13/h3-8H,1-2H3,(H,16,17,18,19). The lowest BCUT2D eigenvalue weighted by molar-refractivity contribution is 0.598. The first-order valence-corrected chi connectivity index (χ1v) is 8.36. The Morgan fingerprint density at radius 1 is 1.09 bits per heavy atom. The van der Waals surface area contributed by atoms with Gasteiger partial charge in [-0.3, -0.25) is 0 Å². The third-order valence-corrected chi connectivity index (χ3v) is 4.22. The van der Waals surface area contributed by atoms with Gasteiger partial charge in [-0.25, -0.2) is 18.5 Å². The summed E-state index contributed by atoms with van der Waals surface area (Å²) >= 11 is 0. The lowest BCUT2D eigenvalue weighted by Crippen LogP contribution is -2.05. The lowest BCUT2D eigenvalue weighted by atomic mass is 10.0. The van der Waals surface area contributed by atoms with Crippen LogP contribution in [-0.4, -0.2) is 40.3 Å². The van der Waals surface area contributed by atoms with Crippen LogP contribution in [0, 0.1) is 6.92 Å². The van der Waals surface area contributed by atoms with Gasteiger partial charge in [0, 0.05) is 12.5 Å². The predicted octanol–water partition coefficient (Wildman–Crippen LogP) is 1.64. The molecule has 0 saturated carbocycles. The second-order valence-electron chi connectivity index (χ2n) is 4.93. The van der Waals surface area contributed by atoms with Gasteiger partial charge in [-0.1, -0.05) is 29.8 Å². The Morgan fingerprint density at radius 3 is 2.41 bits per heavy atom. The molecule has 0 atom stereocenters. The maximum absolute atomic E-state index is 12.0. The molecule has 2 heterocycles. The van der Waals surface area contributed by atoms with Crippen LogP contribution in [0.4, 0.5) is 0 Å². The monoisotopic (exact) mass is 315 g/mol. The van der Waals surface area contributed by atoms with Gasteiger partial charge < -0.3 is 0 Å². The van der Waals surface area contributed by atoms with Crippen LogP contribution < -0.4 is 0 Å². The topological polar surface area (TPSA) is 101 Å². The van der Waals surface area contributed by atoms with Crippen LogP contribution in [0.5, 0.6) is 0 Å². The Balaban J connectivity index is 2.34. The molecular weight excluding hydrogens is 302 g/mol. The zero-order valence-electron chi connectivity index (χ0n) is 12.0. The number of hydrogen-bond donors (Lipinski definition) is 1. The van der Waals surface area contributed by atoms with Crippen molar-refractivity contribution >= 4 is 9.84 Å². The summed E-state index contributed by atoms with van der Waals surface area (Å²) in [4.78, 5) is 4.01. The molecule has 8 heteroatoms. The number of pyridine rings is 1. The SMILES string of the molecule is Cc1ccc(-c2ccnc(S(C)(=O)=O)c2-c2nnn[nH]2)cc1. The summed E-state index contributed by atoms with van der Waals surface area (Å²) < 4.78 is 24.1. The molecule has 22 heavy (non-hydrogen) atoms. The van der Waals surface area contributed by atoms with Crippen molar-refractivity contribution in [2.75, 3.05) is 6.26 Å². The summed E-state index contributed by atoms with van der Waals surface area (Å²) in [5.41, 5.74) is 3.06. The summed E-state index contributed by atoms with van der Waals surface area (Å²) in [7, 11) is -3.52. The van der Waals surface area contributed by atoms with E-state index in [4.69, 9.17) is 0 Å². The van der Waals surface area contributed by atoms with Crippen LogP contribution in [0.1, 0.15) is 5.56 Å². The van der Waals surface area contributed by atoms with Gasteiger partial charge in [-0.2, -0.15) is 0 Å². The number of rotatable bonds is 3. The van der Waals surface area contributed by atoms with Crippen molar-refractivity contribution in [2.45, 2.75) is 11.9 Å². The maximum Gasteiger partial charge on any atom is 0.193 e. The van der Waals surface area contributed by atoms with Crippen LogP contribution in [0.15, 0.2) is 41.6 Å². The second-order valence-corrected chi connectivity index (χ2v) is 6.86. The first-order valence-electron chi connectivity index (χ1n) is 6.47. The highest BCUT2D eigenvalue weighted by atomic mass is 32.2. The Morgan fingerprint density at radius 2 is 1.82 bits per heavy atom. The van der Waals surface area contributed by atoms with E-state index in [-0.39, 0.29) is 10.9 Å². The predicted molar refractivity (Wildman–Crippen MR) is 80.7 cm³/mol. The Kier molecular flexibility index (Phi) is 3.45. The van der Waals surface area contributed by atoms with Crippen molar-refractivity contribution in [3.8, 4) is 22.5 Å². The van der Waals surface area contributed by atoms with Gasteiger partial charge in [0.25, 0.3) is 0 Å². The highest BCUT2D eigenvalue weighted by Gasteiger charge is 2.22. The molecule has 0 spiro atoms. The minimum absolute atomic E-state index is 0.0517. The minimum atomic E-state index is -3.52. The summed E-state index contributed by atoms with van der Waals surface area (Å²) in [6, 6.07) is 9.50. The van der Waals surface area contributed by atoms with E-state index in [2.05, 4.69) is 25.6 Å². The molecule has 112 valence electrons. The molecule has 0 saturated heterocycles. The number of tetrazole rings is 1. The molecular formula is C14H13N5O2S. The van der Waals surface area contributed by atoms with Crippen LogP contribution in [0.2, 0.25) is 0 Å². The lowest BCUT2D eigenvalue weighted by Gasteiger charge is -2.11. The number of aryl methyl sites for hydroxylation is 1. The van der Waals surface area contributed by atoms with Crippen LogP contribution >= 0.6 is 0 Å². The Labute approximate surface area is 127 Å². The molecule has 1 N–H and O–H groups in total. The molecule has 0 aliphatic rings. The average molecular weight is 315 g/mol. The summed E-state index contributed by atoms with van der Waals surface area (Å²) in [5, 5.41) is 13.5. The number of aromatic nitrogens is 5. The highest BCUT2D eigenvalue weighted by molar-refractivity contribution is 7.90. The van der Waals surface area contributed by atoms with E-state index in [1.807, 2.05) is 31.2 Å². The average Bonchev–Trinajstić information content (AvgIpc) is 3.00. The molecule has 3 aromatic rings. The van der Waals surface area contributed by atoms with Crippen molar-refractivity contribution in [3.05, 3.63) is 42.1 Å². The largest absolute Gasteiger partial charge is 0.244 e. The van der Waals surface area contributed by atoms with Crippen molar-refractivity contribution in [1.29, 1.82) is 0 Å². The third-order valence-electron chi connectivity index (χ3n) is 3.21. The molecule has 1 aromatic carbocycles. The number of nitrogens with one attached hydrogen (secondary N) is 1. The quantitative estimate of drug-likeness (QED) is 0.788. The van der Waals surface area contributed by atoms with E-state index < -0.39 is 9.84 Å². The fourth-order valence-corrected chi connectivity index (χ4v) is 3.02. The van der Waals surface area contributed by atoms with Crippen LogP contribution in [0.3, 0.4) is 0 Å². The molecule has 0 fully saturated rings. The van der Waals surface area contributed by atoms with Gasteiger partial charge in [0.05, 0.1) is 5.56 Å². The molecule has 0 amide bonds. The van der Waals surface area contributed by atoms with Crippen molar-refractivity contribution < 1.29 is 8.42 Å². The van der Waals surface area contributed by atoms with Gasteiger partial charge in [-0.15, -0.1) is 5.10 Å². The highest BCUT2D eigenvalue weighted by Crippen LogP contribution is 2.33. The van der Waals surface area contributed by atoms with Crippen molar-refractivity contribution in [3.63, 3.8) is 0 Å². The summed E-state index contributed by atoms with van der Waals surface area (Å²) in [5.74, 6) is 0.268. The normalized spacial score (nSPS) is 11.5. The van der Waals surface area contributed by atoms with Gasteiger partial charge >= 0.3 is 0 Å². The van der Waals surface area contributed by atoms with Gasteiger partial charge in [0.2, 0.25) is 0 Å². The maximum atomic E-state index is 12.0. The molecule has 0 aliphatic heterocycles. The van der Waals surface area contributed by atoms with E-state index in [0.717, 1.165) is 17.4 Å². The molecule has 7 nitrogen and oxygen atoms in total. The van der Waals surface area contributed by atoms with Crippen molar-refractivity contribution in [1.82, 2.24) is 25.6 Å². The number of H-pyrrole nitrogens is 1. The van der Waals surface area contributed by atoms with Gasteiger partial charge in [0.1, 0.15) is 0 Å². The van der Waals surface area contributed by atoms with E-state index in [0.29, 0.717) is 11.1 Å². The fourth-order valence-electron chi connectivity index (χ4n) is 2.19. The third kappa shape index (κ3) is 2.60. The van der Waals surface area contributed by atoms with Crippen molar-refractivity contribution in [2.24, 2.45) is 0 Å². The number of nitrogens with zero attached hydrogens (tertiary/aromatic N) is 4. The fraction of sp³-hybridized carbons (Fsp3) is 0.143. The van der Waals surface area contributed by atoms with Crippen LogP contribution in [0.25, 0.3) is 22.5 Å². The number of benzene rings is 1. The minimum Gasteiger partial charge on any atom is -0.244 e. The number of hydrogen-bond acceptors (Lipinski definition) is 6. The second kappa shape index (κ2) is 5.30. The van der Waals surface area contributed by atoms with E-state index >= 15 is 0 Å². The molecule has 0 radical (unpaired) electrons. The molecule has 2 aromatic heterocycles. The smallest absolute Gasteiger partial charge is 0.193 e. The Bertz CT molecular complexity index is 903. The number of sulfone groups is 1.